The fraction of sp³-hybridized carbons (Fsp3) is 0.278. The molecule has 0 radical (unpaired) electrons. The van der Waals surface area contributed by atoms with E-state index < -0.39 is 0 Å². The Bertz CT molecular complexity index is 772. The van der Waals surface area contributed by atoms with Crippen LogP contribution in [0.2, 0.25) is 0 Å². The van der Waals surface area contributed by atoms with Crippen molar-refractivity contribution in [1.82, 2.24) is 9.88 Å². The van der Waals surface area contributed by atoms with Crippen molar-refractivity contribution in [3.8, 4) is 0 Å². The number of aromatic nitrogens is 1. The smallest absolute Gasteiger partial charge is 0.287 e. The first kappa shape index (κ1) is 14.4. The molecular weight excluding hydrogens is 276 g/mol. The quantitative estimate of drug-likeness (QED) is 0.783. The number of carbonyl (C=O) groups is 1. The summed E-state index contributed by atoms with van der Waals surface area (Å²) in [6.45, 7) is 2.02. The summed E-state index contributed by atoms with van der Waals surface area (Å²) >= 11 is 0. The molecule has 1 amide bonds. The molecule has 1 atom stereocenters. The van der Waals surface area contributed by atoms with Gasteiger partial charge in [-0.25, -0.2) is 0 Å². The topological polar surface area (TPSA) is 47.2 Å². The van der Waals surface area contributed by atoms with Crippen LogP contribution in [0, 0.1) is 0 Å². The van der Waals surface area contributed by atoms with Crippen LogP contribution in [0.25, 0.3) is 10.9 Å². The summed E-state index contributed by atoms with van der Waals surface area (Å²) < 4.78 is 7.25. The maximum absolute atomic E-state index is 11.9. The lowest BCUT2D eigenvalue weighted by Crippen LogP contribution is -2.32. The van der Waals surface area contributed by atoms with Crippen LogP contribution in [-0.2, 0) is 13.5 Å². The number of benzene rings is 1. The van der Waals surface area contributed by atoms with Crippen molar-refractivity contribution < 1.29 is 9.21 Å². The van der Waals surface area contributed by atoms with Crippen LogP contribution >= 0.6 is 0 Å². The van der Waals surface area contributed by atoms with Gasteiger partial charge in [-0.3, -0.25) is 4.79 Å². The molecule has 1 N–H and O–H groups in total. The normalized spacial score (nSPS) is 12.5. The third kappa shape index (κ3) is 2.91. The maximum atomic E-state index is 11.9. The van der Waals surface area contributed by atoms with Gasteiger partial charge in [0.1, 0.15) is 0 Å². The van der Waals surface area contributed by atoms with E-state index in [1.54, 1.807) is 12.1 Å². The summed E-state index contributed by atoms with van der Waals surface area (Å²) in [5.41, 5.74) is 2.56. The van der Waals surface area contributed by atoms with Crippen molar-refractivity contribution in [3.05, 3.63) is 60.2 Å². The van der Waals surface area contributed by atoms with Crippen molar-refractivity contribution >= 4 is 16.8 Å². The van der Waals surface area contributed by atoms with E-state index >= 15 is 0 Å². The molecule has 0 aliphatic carbocycles. The number of hydrogen-bond donors (Lipinski definition) is 1. The van der Waals surface area contributed by atoms with Gasteiger partial charge in [-0.2, -0.15) is 0 Å². The molecule has 2 aromatic heterocycles. The first-order chi connectivity index (χ1) is 10.6. The minimum absolute atomic E-state index is 0.0940. The molecule has 114 valence electrons. The molecule has 0 saturated heterocycles. The molecule has 3 aromatic rings. The third-order valence-electron chi connectivity index (χ3n) is 3.95. The van der Waals surface area contributed by atoms with Crippen LogP contribution in [0.4, 0.5) is 0 Å². The van der Waals surface area contributed by atoms with Gasteiger partial charge in [0.05, 0.1) is 6.26 Å². The average Bonchev–Trinajstić information content (AvgIpc) is 3.14. The van der Waals surface area contributed by atoms with Crippen LogP contribution < -0.4 is 5.32 Å². The van der Waals surface area contributed by atoms with Gasteiger partial charge in [0.2, 0.25) is 0 Å². The second-order valence-corrected chi connectivity index (χ2v) is 5.67. The minimum atomic E-state index is -0.157. The second kappa shape index (κ2) is 6.10. The minimum Gasteiger partial charge on any atom is -0.459 e. The Labute approximate surface area is 129 Å². The highest BCUT2D eigenvalue weighted by molar-refractivity contribution is 5.91. The molecule has 1 unspecified atom stereocenters. The van der Waals surface area contributed by atoms with Crippen LogP contribution in [0.1, 0.15) is 29.5 Å². The monoisotopic (exact) mass is 296 g/mol. The van der Waals surface area contributed by atoms with Crippen LogP contribution in [0.15, 0.2) is 53.3 Å². The van der Waals surface area contributed by atoms with E-state index in [1.165, 1.54) is 22.7 Å². The van der Waals surface area contributed by atoms with Crippen LogP contribution in [0.5, 0.6) is 0 Å². The molecule has 0 saturated carbocycles. The SMILES string of the molecule is CC(CCc1cn(C)c2ccccc12)NC(=O)c1ccco1. The number of rotatable bonds is 5. The van der Waals surface area contributed by atoms with E-state index in [2.05, 4.69) is 47.4 Å². The lowest BCUT2D eigenvalue weighted by Gasteiger charge is -2.12. The van der Waals surface area contributed by atoms with E-state index in [4.69, 9.17) is 4.42 Å². The summed E-state index contributed by atoms with van der Waals surface area (Å²) in [6.07, 6.45) is 5.50. The van der Waals surface area contributed by atoms with Gasteiger partial charge in [0, 0.05) is 30.2 Å². The molecule has 3 rings (SSSR count). The number of nitrogens with one attached hydrogen (secondary N) is 1. The Balaban J connectivity index is 1.63. The predicted octanol–water partition coefficient (Wildman–Crippen LogP) is 3.52. The van der Waals surface area contributed by atoms with Crippen LogP contribution in [0.3, 0.4) is 0 Å². The van der Waals surface area contributed by atoms with Gasteiger partial charge in [0.15, 0.2) is 5.76 Å². The van der Waals surface area contributed by atoms with Crippen molar-refractivity contribution in [1.29, 1.82) is 0 Å². The number of amides is 1. The van der Waals surface area contributed by atoms with E-state index in [9.17, 15) is 4.79 Å². The number of nitrogens with zero attached hydrogens (tertiary/aromatic N) is 1. The Morgan fingerprint density at radius 3 is 2.86 bits per heavy atom. The van der Waals surface area contributed by atoms with Crippen molar-refractivity contribution in [2.45, 2.75) is 25.8 Å². The Morgan fingerprint density at radius 2 is 2.09 bits per heavy atom. The molecule has 0 fully saturated rings. The molecule has 4 heteroatoms. The van der Waals surface area contributed by atoms with E-state index in [0.29, 0.717) is 5.76 Å². The first-order valence-electron chi connectivity index (χ1n) is 7.52. The van der Waals surface area contributed by atoms with Crippen molar-refractivity contribution in [3.63, 3.8) is 0 Å². The van der Waals surface area contributed by atoms with Crippen molar-refractivity contribution in [2.24, 2.45) is 7.05 Å². The summed E-state index contributed by atoms with van der Waals surface area (Å²) in [7, 11) is 2.06. The molecule has 1 aromatic carbocycles. The molecular formula is C18H20N2O2. The van der Waals surface area contributed by atoms with E-state index in [-0.39, 0.29) is 11.9 Å². The fourth-order valence-electron chi connectivity index (χ4n) is 2.77. The molecule has 0 aliphatic rings. The zero-order valence-electron chi connectivity index (χ0n) is 12.9. The summed E-state index contributed by atoms with van der Waals surface area (Å²) in [5.74, 6) is 0.201. The highest BCUT2D eigenvalue weighted by atomic mass is 16.3. The fourth-order valence-corrected chi connectivity index (χ4v) is 2.77. The molecule has 0 spiro atoms. The molecule has 2 heterocycles. The molecule has 4 nitrogen and oxygen atoms in total. The third-order valence-corrected chi connectivity index (χ3v) is 3.95. The first-order valence-corrected chi connectivity index (χ1v) is 7.52. The van der Waals surface area contributed by atoms with Gasteiger partial charge < -0.3 is 14.3 Å². The Hall–Kier alpha value is -2.49. The summed E-state index contributed by atoms with van der Waals surface area (Å²) in [6, 6.07) is 11.9. The number of fused-ring (bicyclic) bond motifs is 1. The van der Waals surface area contributed by atoms with Gasteiger partial charge in [0.25, 0.3) is 5.91 Å². The predicted molar refractivity (Wildman–Crippen MR) is 86.9 cm³/mol. The number of hydrogen-bond acceptors (Lipinski definition) is 2. The summed E-state index contributed by atoms with van der Waals surface area (Å²) in [4.78, 5) is 11.9. The maximum Gasteiger partial charge on any atom is 0.287 e. The van der Waals surface area contributed by atoms with Gasteiger partial charge in [-0.15, -0.1) is 0 Å². The molecule has 0 aliphatic heterocycles. The highest BCUT2D eigenvalue weighted by Crippen LogP contribution is 2.21. The second-order valence-electron chi connectivity index (χ2n) is 5.67. The number of carbonyl (C=O) groups excluding carboxylic acids is 1. The Kier molecular flexibility index (Phi) is 4.00. The number of aryl methyl sites for hydroxylation is 2. The zero-order chi connectivity index (χ0) is 15.5. The largest absolute Gasteiger partial charge is 0.459 e. The standard InChI is InChI=1S/C18H20N2O2/c1-13(19-18(21)17-8-5-11-22-17)9-10-14-12-20(2)16-7-4-3-6-15(14)16/h3-8,11-13H,9-10H2,1-2H3,(H,19,21). The number of para-hydroxylation sites is 1. The molecule has 22 heavy (non-hydrogen) atoms. The van der Waals surface area contributed by atoms with Gasteiger partial charge in [-0.1, -0.05) is 18.2 Å². The highest BCUT2D eigenvalue weighted by Gasteiger charge is 2.13. The summed E-state index contributed by atoms with van der Waals surface area (Å²) in [5, 5.41) is 4.25. The Morgan fingerprint density at radius 1 is 1.27 bits per heavy atom. The van der Waals surface area contributed by atoms with Gasteiger partial charge >= 0.3 is 0 Å². The zero-order valence-corrected chi connectivity index (χ0v) is 12.9. The average molecular weight is 296 g/mol. The lowest BCUT2D eigenvalue weighted by atomic mass is 10.1. The number of furan rings is 1. The van der Waals surface area contributed by atoms with Crippen molar-refractivity contribution in [2.75, 3.05) is 0 Å². The van der Waals surface area contributed by atoms with Crippen LogP contribution in [-0.4, -0.2) is 16.5 Å². The molecule has 0 bridgehead atoms. The van der Waals surface area contributed by atoms with Gasteiger partial charge in [-0.05, 0) is 43.5 Å². The lowest BCUT2D eigenvalue weighted by molar-refractivity contribution is 0.0910. The van der Waals surface area contributed by atoms with E-state index in [1.807, 2.05) is 6.92 Å². The van der Waals surface area contributed by atoms with E-state index in [0.717, 1.165) is 12.8 Å².